The Morgan fingerprint density at radius 3 is 2.38 bits per heavy atom. The maximum Gasteiger partial charge on any atom is 0.354 e. The maximum absolute atomic E-state index is 12.5. The largest absolute Gasteiger partial charge is 0.477 e. The van der Waals surface area contributed by atoms with E-state index in [1.54, 1.807) is 6.07 Å². The zero-order valence-corrected chi connectivity index (χ0v) is 16.2. The quantitative estimate of drug-likeness (QED) is 0.548. The number of carboxylic acids is 1. The number of amides is 1. The van der Waals surface area contributed by atoms with Crippen LogP contribution in [0.15, 0.2) is 71.8 Å². The Morgan fingerprint density at radius 2 is 1.72 bits per heavy atom. The molecule has 0 radical (unpaired) electrons. The first-order valence-corrected chi connectivity index (χ1v) is 10.00. The number of carboxylic acid groups (broad SMARTS) is 1. The Kier molecular flexibility index (Phi) is 5.81. The van der Waals surface area contributed by atoms with Crippen LogP contribution in [0.5, 0.6) is 0 Å². The molecule has 1 amide bonds. The minimum absolute atomic E-state index is 0.00977. The Hall–Kier alpha value is -3.43. The zero-order chi connectivity index (χ0) is 21.0. The molecule has 0 saturated heterocycles. The highest BCUT2D eigenvalue weighted by Crippen LogP contribution is 2.20. The van der Waals surface area contributed by atoms with Crippen molar-refractivity contribution < 1.29 is 23.1 Å². The summed E-state index contributed by atoms with van der Waals surface area (Å²) in [6, 6.07) is 14.4. The van der Waals surface area contributed by atoms with Gasteiger partial charge in [-0.1, -0.05) is 23.7 Å². The maximum atomic E-state index is 12.5. The van der Waals surface area contributed by atoms with Crippen molar-refractivity contribution in [1.29, 1.82) is 0 Å². The van der Waals surface area contributed by atoms with E-state index in [9.17, 15) is 18.0 Å². The van der Waals surface area contributed by atoms with E-state index >= 15 is 0 Å². The molecule has 0 unspecified atom stereocenters. The minimum atomic E-state index is -3.88. The van der Waals surface area contributed by atoms with E-state index in [4.69, 9.17) is 16.7 Å². The SMILES string of the molecule is O=C(Nc1ccc(C(=O)O)nc1)c1cccc(NS(=O)(=O)c2cccc(Cl)c2)c1. The number of aromatic nitrogens is 1. The van der Waals surface area contributed by atoms with Gasteiger partial charge in [-0.2, -0.15) is 0 Å². The summed E-state index contributed by atoms with van der Waals surface area (Å²) in [6.45, 7) is 0. The van der Waals surface area contributed by atoms with Crippen molar-refractivity contribution in [1.82, 2.24) is 4.98 Å². The summed E-state index contributed by atoms with van der Waals surface area (Å²) in [6.07, 6.45) is 1.22. The minimum Gasteiger partial charge on any atom is -0.477 e. The van der Waals surface area contributed by atoms with Crippen LogP contribution in [-0.4, -0.2) is 30.4 Å². The van der Waals surface area contributed by atoms with Crippen molar-refractivity contribution in [3.63, 3.8) is 0 Å². The second kappa shape index (κ2) is 8.29. The molecule has 3 N–H and O–H groups in total. The first-order valence-electron chi connectivity index (χ1n) is 8.14. The number of hydrogen-bond donors (Lipinski definition) is 3. The molecule has 0 fully saturated rings. The van der Waals surface area contributed by atoms with E-state index < -0.39 is 21.9 Å². The predicted octanol–water partition coefficient (Wildman–Crippen LogP) is 3.49. The molecule has 0 bridgehead atoms. The average Bonchev–Trinajstić information content (AvgIpc) is 2.68. The van der Waals surface area contributed by atoms with Gasteiger partial charge in [0.2, 0.25) is 0 Å². The molecule has 0 spiro atoms. The van der Waals surface area contributed by atoms with Gasteiger partial charge in [-0.25, -0.2) is 18.2 Å². The van der Waals surface area contributed by atoms with E-state index in [-0.39, 0.29) is 26.9 Å². The van der Waals surface area contributed by atoms with Crippen LogP contribution in [0, 0.1) is 0 Å². The highest BCUT2D eigenvalue weighted by Gasteiger charge is 2.16. The van der Waals surface area contributed by atoms with Crippen LogP contribution in [-0.2, 0) is 10.0 Å². The van der Waals surface area contributed by atoms with Crippen molar-refractivity contribution in [3.05, 3.63) is 83.1 Å². The number of anilines is 2. The van der Waals surface area contributed by atoms with Gasteiger partial charge in [-0.15, -0.1) is 0 Å². The molecule has 148 valence electrons. The number of nitrogens with zero attached hydrogens (tertiary/aromatic N) is 1. The van der Waals surface area contributed by atoms with Gasteiger partial charge < -0.3 is 10.4 Å². The lowest BCUT2D eigenvalue weighted by atomic mass is 10.2. The number of aromatic carboxylic acids is 1. The summed E-state index contributed by atoms with van der Waals surface area (Å²) in [5.41, 5.74) is 0.529. The summed E-state index contributed by atoms with van der Waals surface area (Å²) in [5, 5.41) is 11.7. The topological polar surface area (TPSA) is 125 Å². The molecule has 0 aliphatic rings. The van der Waals surface area contributed by atoms with Crippen molar-refractivity contribution in [2.24, 2.45) is 0 Å². The second-order valence-corrected chi connectivity index (χ2v) is 7.95. The highest BCUT2D eigenvalue weighted by atomic mass is 35.5. The molecule has 1 aromatic heterocycles. The van der Waals surface area contributed by atoms with Gasteiger partial charge in [0, 0.05) is 16.3 Å². The number of pyridine rings is 1. The van der Waals surface area contributed by atoms with Crippen LogP contribution in [0.3, 0.4) is 0 Å². The van der Waals surface area contributed by atoms with Crippen molar-refractivity contribution in [2.45, 2.75) is 4.90 Å². The molecule has 3 aromatic rings. The number of halogens is 1. The molecule has 0 atom stereocenters. The Labute approximate surface area is 171 Å². The zero-order valence-electron chi connectivity index (χ0n) is 14.7. The lowest BCUT2D eigenvalue weighted by Crippen LogP contribution is -2.15. The van der Waals surface area contributed by atoms with Crippen LogP contribution in [0.1, 0.15) is 20.8 Å². The number of sulfonamides is 1. The Bertz CT molecular complexity index is 1180. The smallest absolute Gasteiger partial charge is 0.354 e. The van der Waals surface area contributed by atoms with Crippen LogP contribution in [0.25, 0.3) is 0 Å². The van der Waals surface area contributed by atoms with Gasteiger partial charge in [0.15, 0.2) is 0 Å². The number of carbonyl (C=O) groups is 2. The average molecular weight is 432 g/mol. The van der Waals surface area contributed by atoms with Crippen molar-refractivity contribution in [2.75, 3.05) is 10.0 Å². The summed E-state index contributed by atoms with van der Waals surface area (Å²) < 4.78 is 27.4. The first kappa shape index (κ1) is 20.3. The van der Waals surface area contributed by atoms with Gasteiger partial charge in [0.25, 0.3) is 15.9 Å². The van der Waals surface area contributed by atoms with Gasteiger partial charge in [-0.3, -0.25) is 9.52 Å². The molecular weight excluding hydrogens is 418 g/mol. The fraction of sp³-hybridized carbons (Fsp3) is 0. The molecule has 8 nitrogen and oxygen atoms in total. The summed E-state index contributed by atoms with van der Waals surface area (Å²) in [7, 11) is -3.88. The number of benzene rings is 2. The van der Waals surface area contributed by atoms with Crippen LogP contribution in [0.2, 0.25) is 5.02 Å². The normalized spacial score (nSPS) is 10.9. The third-order valence-corrected chi connectivity index (χ3v) is 5.34. The lowest BCUT2D eigenvalue weighted by molar-refractivity contribution is 0.0690. The third-order valence-electron chi connectivity index (χ3n) is 3.72. The van der Waals surface area contributed by atoms with E-state index in [1.807, 2.05) is 0 Å². The van der Waals surface area contributed by atoms with E-state index in [1.165, 1.54) is 60.8 Å². The van der Waals surface area contributed by atoms with Crippen molar-refractivity contribution >= 4 is 44.9 Å². The number of nitrogens with one attached hydrogen (secondary N) is 2. The second-order valence-electron chi connectivity index (χ2n) is 5.84. The van der Waals surface area contributed by atoms with Crippen molar-refractivity contribution in [3.8, 4) is 0 Å². The summed E-state index contributed by atoms with van der Waals surface area (Å²) in [4.78, 5) is 26.9. The van der Waals surface area contributed by atoms with E-state index in [2.05, 4.69) is 15.0 Å². The Balaban J connectivity index is 1.76. The molecule has 1 heterocycles. The monoisotopic (exact) mass is 431 g/mol. The molecule has 0 aliphatic heterocycles. The van der Waals surface area contributed by atoms with E-state index in [0.717, 1.165) is 0 Å². The fourth-order valence-corrected chi connectivity index (χ4v) is 3.72. The van der Waals surface area contributed by atoms with Crippen LogP contribution >= 0.6 is 11.6 Å². The fourth-order valence-electron chi connectivity index (χ4n) is 2.37. The van der Waals surface area contributed by atoms with Crippen LogP contribution in [0.4, 0.5) is 11.4 Å². The summed E-state index contributed by atoms with van der Waals surface area (Å²) in [5.74, 6) is -1.69. The van der Waals surface area contributed by atoms with Gasteiger partial charge >= 0.3 is 5.97 Å². The number of carbonyl (C=O) groups excluding carboxylic acids is 1. The Morgan fingerprint density at radius 1 is 0.966 bits per heavy atom. The molecule has 0 aliphatic carbocycles. The van der Waals surface area contributed by atoms with Gasteiger partial charge in [0.1, 0.15) is 5.69 Å². The molecule has 0 saturated carbocycles. The highest BCUT2D eigenvalue weighted by molar-refractivity contribution is 7.92. The summed E-state index contributed by atoms with van der Waals surface area (Å²) >= 11 is 5.84. The molecular formula is C19H14ClN3O5S. The molecule has 2 aromatic carbocycles. The molecule has 29 heavy (non-hydrogen) atoms. The number of hydrogen-bond acceptors (Lipinski definition) is 5. The third kappa shape index (κ3) is 5.09. The van der Waals surface area contributed by atoms with Crippen LogP contribution < -0.4 is 10.0 Å². The predicted molar refractivity (Wildman–Crippen MR) is 108 cm³/mol. The molecule has 3 rings (SSSR count). The van der Waals surface area contributed by atoms with E-state index in [0.29, 0.717) is 5.69 Å². The molecule has 10 heteroatoms. The lowest BCUT2D eigenvalue weighted by Gasteiger charge is -2.10. The van der Waals surface area contributed by atoms with Gasteiger partial charge in [0.05, 0.1) is 16.8 Å². The standard InChI is InChI=1S/C19H14ClN3O5S/c20-13-4-2-6-16(10-13)29(27,28)23-14-5-1-3-12(9-14)18(24)22-15-7-8-17(19(25)26)21-11-15/h1-11,23H,(H,22,24)(H,25,26). The number of rotatable bonds is 6. The van der Waals surface area contributed by atoms with Gasteiger partial charge in [-0.05, 0) is 48.5 Å². The first-order chi connectivity index (χ1) is 13.7.